The Morgan fingerprint density at radius 2 is 2.00 bits per heavy atom. The number of aliphatic hydroxyl groups is 1. The predicted molar refractivity (Wildman–Crippen MR) is 53.9 cm³/mol. The van der Waals surface area contributed by atoms with Gasteiger partial charge in [-0.2, -0.15) is 0 Å². The zero-order valence-corrected chi connectivity index (χ0v) is 8.89. The summed E-state index contributed by atoms with van der Waals surface area (Å²) in [5.74, 6) is 0. The lowest BCUT2D eigenvalue weighted by Crippen LogP contribution is -2.13. The number of halogens is 1. The van der Waals surface area contributed by atoms with Crippen molar-refractivity contribution in [2.75, 3.05) is 0 Å². The molecule has 0 fully saturated rings. The summed E-state index contributed by atoms with van der Waals surface area (Å²) in [6.07, 6.45) is 0. The molecular formula is C10H14ClNO. The van der Waals surface area contributed by atoms with Gasteiger partial charge in [0.2, 0.25) is 0 Å². The molecule has 0 unspecified atom stereocenters. The minimum atomic E-state index is -0.0593. The number of hydrogen-bond acceptors (Lipinski definition) is 2. The molecule has 0 saturated carbocycles. The first kappa shape index (κ1) is 10.5. The quantitative estimate of drug-likeness (QED) is 0.706. The fourth-order valence-electron chi connectivity index (χ4n) is 0.999. The van der Waals surface area contributed by atoms with Crippen LogP contribution in [0.1, 0.15) is 32.0 Å². The van der Waals surface area contributed by atoms with Gasteiger partial charge in [-0.05, 0) is 6.07 Å². The molecule has 0 atom stereocenters. The van der Waals surface area contributed by atoms with Crippen LogP contribution in [0.3, 0.4) is 0 Å². The van der Waals surface area contributed by atoms with E-state index in [1.807, 2.05) is 12.1 Å². The first-order valence-electron chi connectivity index (χ1n) is 4.22. The molecule has 1 heterocycles. The summed E-state index contributed by atoms with van der Waals surface area (Å²) in [6.45, 7) is 6.16. The molecule has 0 aliphatic rings. The van der Waals surface area contributed by atoms with Crippen LogP contribution in [0.15, 0.2) is 12.1 Å². The molecule has 0 amide bonds. The molecule has 0 saturated heterocycles. The number of pyridine rings is 1. The van der Waals surface area contributed by atoms with Gasteiger partial charge in [0.1, 0.15) is 5.15 Å². The van der Waals surface area contributed by atoms with E-state index < -0.39 is 0 Å². The van der Waals surface area contributed by atoms with E-state index in [-0.39, 0.29) is 12.0 Å². The second-order valence-electron chi connectivity index (χ2n) is 4.05. The van der Waals surface area contributed by atoms with E-state index in [9.17, 15) is 0 Å². The maximum absolute atomic E-state index is 8.89. The van der Waals surface area contributed by atoms with Crippen molar-refractivity contribution >= 4 is 11.6 Å². The van der Waals surface area contributed by atoms with Crippen LogP contribution in [0, 0.1) is 0 Å². The molecule has 3 heteroatoms. The van der Waals surface area contributed by atoms with Crippen LogP contribution in [-0.2, 0) is 12.0 Å². The van der Waals surface area contributed by atoms with Gasteiger partial charge in [-0.25, -0.2) is 4.98 Å². The van der Waals surface area contributed by atoms with Gasteiger partial charge in [0, 0.05) is 16.7 Å². The Kier molecular flexibility index (Phi) is 2.94. The van der Waals surface area contributed by atoms with Gasteiger partial charge in [0.05, 0.1) is 6.61 Å². The monoisotopic (exact) mass is 199 g/mol. The van der Waals surface area contributed by atoms with Gasteiger partial charge < -0.3 is 5.11 Å². The van der Waals surface area contributed by atoms with E-state index >= 15 is 0 Å². The van der Waals surface area contributed by atoms with Gasteiger partial charge in [-0.1, -0.05) is 38.4 Å². The summed E-state index contributed by atoms with van der Waals surface area (Å²) < 4.78 is 0. The van der Waals surface area contributed by atoms with Crippen molar-refractivity contribution in [3.05, 3.63) is 28.5 Å². The Bertz CT molecular complexity index is 304. The molecule has 0 aliphatic carbocycles. The highest BCUT2D eigenvalue weighted by Gasteiger charge is 2.16. The van der Waals surface area contributed by atoms with E-state index in [1.165, 1.54) is 0 Å². The van der Waals surface area contributed by atoms with Gasteiger partial charge in [-0.3, -0.25) is 0 Å². The molecule has 0 aromatic carbocycles. The first-order chi connectivity index (χ1) is 5.95. The van der Waals surface area contributed by atoms with Gasteiger partial charge in [0.15, 0.2) is 0 Å². The third kappa shape index (κ3) is 2.42. The topological polar surface area (TPSA) is 33.1 Å². The van der Waals surface area contributed by atoms with E-state index in [4.69, 9.17) is 16.7 Å². The van der Waals surface area contributed by atoms with Crippen LogP contribution < -0.4 is 0 Å². The number of nitrogens with zero attached hydrogens (tertiary/aromatic N) is 1. The average molecular weight is 200 g/mol. The lowest BCUT2D eigenvalue weighted by Gasteiger charge is -2.18. The average Bonchev–Trinajstić information content (AvgIpc) is 2.02. The summed E-state index contributed by atoms with van der Waals surface area (Å²) in [4.78, 5) is 4.22. The van der Waals surface area contributed by atoms with Crippen LogP contribution in [0.5, 0.6) is 0 Å². The molecule has 1 aromatic heterocycles. The van der Waals surface area contributed by atoms with Crippen LogP contribution >= 0.6 is 11.6 Å². The van der Waals surface area contributed by atoms with Crippen LogP contribution in [0.2, 0.25) is 5.15 Å². The molecule has 1 aromatic rings. The Balaban J connectivity index is 3.10. The summed E-state index contributed by atoms with van der Waals surface area (Å²) in [5, 5.41) is 9.29. The zero-order valence-electron chi connectivity index (χ0n) is 8.13. The summed E-state index contributed by atoms with van der Waals surface area (Å²) >= 11 is 5.86. The largest absolute Gasteiger partial charge is 0.392 e. The number of aliphatic hydroxyl groups excluding tert-OH is 1. The maximum Gasteiger partial charge on any atom is 0.134 e. The third-order valence-corrected chi connectivity index (χ3v) is 2.19. The normalized spacial score (nSPS) is 11.8. The fraction of sp³-hybridized carbons (Fsp3) is 0.500. The Hall–Kier alpha value is -0.600. The molecule has 0 bridgehead atoms. The molecule has 13 heavy (non-hydrogen) atoms. The number of aromatic nitrogens is 1. The Morgan fingerprint density at radius 3 is 2.38 bits per heavy atom. The second kappa shape index (κ2) is 3.64. The van der Waals surface area contributed by atoms with Crippen molar-refractivity contribution < 1.29 is 5.11 Å². The van der Waals surface area contributed by atoms with Crippen LogP contribution in [0.25, 0.3) is 0 Å². The van der Waals surface area contributed by atoms with E-state index in [0.717, 1.165) is 5.69 Å². The minimum Gasteiger partial charge on any atom is -0.392 e. The van der Waals surface area contributed by atoms with Crippen LogP contribution in [-0.4, -0.2) is 10.1 Å². The van der Waals surface area contributed by atoms with E-state index in [1.54, 1.807) is 0 Å². The Morgan fingerprint density at radius 1 is 1.38 bits per heavy atom. The van der Waals surface area contributed by atoms with Crippen molar-refractivity contribution in [1.29, 1.82) is 0 Å². The molecule has 1 N–H and O–H groups in total. The first-order valence-corrected chi connectivity index (χ1v) is 4.59. The standard InChI is InChI=1S/C10H14ClNO/c1-10(2,3)8-5-4-7(6-13)9(11)12-8/h4-5,13H,6H2,1-3H3. The van der Waals surface area contributed by atoms with Crippen molar-refractivity contribution in [3.63, 3.8) is 0 Å². The van der Waals surface area contributed by atoms with Gasteiger partial charge in [0.25, 0.3) is 0 Å². The molecular weight excluding hydrogens is 186 g/mol. The summed E-state index contributed by atoms with van der Waals surface area (Å²) in [7, 11) is 0. The van der Waals surface area contributed by atoms with E-state index in [2.05, 4.69) is 25.8 Å². The molecule has 0 radical (unpaired) electrons. The highest BCUT2D eigenvalue weighted by atomic mass is 35.5. The molecule has 72 valence electrons. The zero-order chi connectivity index (χ0) is 10.1. The number of hydrogen-bond donors (Lipinski definition) is 1. The Labute approximate surface area is 83.6 Å². The van der Waals surface area contributed by atoms with E-state index in [0.29, 0.717) is 10.7 Å². The number of rotatable bonds is 1. The highest BCUT2D eigenvalue weighted by Crippen LogP contribution is 2.23. The smallest absolute Gasteiger partial charge is 0.134 e. The molecule has 2 nitrogen and oxygen atoms in total. The summed E-state index contributed by atoms with van der Waals surface area (Å²) in [5.41, 5.74) is 1.61. The lowest BCUT2D eigenvalue weighted by atomic mass is 9.91. The maximum atomic E-state index is 8.89. The molecule has 0 aliphatic heterocycles. The lowest BCUT2D eigenvalue weighted by molar-refractivity contribution is 0.281. The minimum absolute atomic E-state index is 0.00236. The fourth-order valence-corrected chi connectivity index (χ4v) is 1.21. The molecule has 1 rings (SSSR count). The van der Waals surface area contributed by atoms with Crippen molar-refractivity contribution in [2.24, 2.45) is 0 Å². The SMILES string of the molecule is CC(C)(C)c1ccc(CO)c(Cl)n1. The van der Waals surface area contributed by atoms with Crippen LogP contribution in [0.4, 0.5) is 0 Å². The van der Waals surface area contributed by atoms with Crippen molar-refractivity contribution in [3.8, 4) is 0 Å². The third-order valence-electron chi connectivity index (χ3n) is 1.86. The highest BCUT2D eigenvalue weighted by molar-refractivity contribution is 6.30. The second-order valence-corrected chi connectivity index (χ2v) is 4.41. The van der Waals surface area contributed by atoms with Crippen molar-refractivity contribution in [2.45, 2.75) is 32.8 Å². The summed E-state index contributed by atoms with van der Waals surface area (Å²) in [6, 6.07) is 3.72. The predicted octanol–water partition coefficient (Wildman–Crippen LogP) is 2.52. The van der Waals surface area contributed by atoms with Crippen molar-refractivity contribution in [1.82, 2.24) is 4.98 Å². The van der Waals surface area contributed by atoms with Gasteiger partial charge in [-0.15, -0.1) is 0 Å². The molecule has 0 spiro atoms. The van der Waals surface area contributed by atoms with Gasteiger partial charge >= 0.3 is 0 Å².